The van der Waals surface area contributed by atoms with Crippen molar-refractivity contribution in [1.82, 2.24) is 5.32 Å². The molecule has 0 radical (unpaired) electrons. The number of hydrogen-bond donors (Lipinski definition) is 5. The lowest BCUT2D eigenvalue weighted by molar-refractivity contribution is -0.132. The summed E-state index contributed by atoms with van der Waals surface area (Å²) in [6, 6.07) is -1.01. The van der Waals surface area contributed by atoms with Gasteiger partial charge in [0.15, 0.2) is 0 Å². The molecule has 0 saturated carbocycles. The average molecular weight is 748 g/mol. The molecule has 0 aromatic carbocycles. The summed E-state index contributed by atoms with van der Waals surface area (Å²) >= 11 is 0. The maximum Gasteiger partial charge on any atom is 0.249 e. The third-order valence-corrected chi connectivity index (χ3v) is 10.6. The van der Waals surface area contributed by atoms with Crippen LogP contribution in [-0.2, 0) is 4.79 Å². The molecule has 6 heteroatoms. The van der Waals surface area contributed by atoms with Crippen LogP contribution in [0.15, 0.2) is 36.5 Å². The predicted molar refractivity (Wildman–Crippen MR) is 228 cm³/mol. The van der Waals surface area contributed by atoms with Crippen molar-refractivity contribution in [2.45, 2.75) is 250 Å². The van der Waals surface area contributed by atoms with Crippen LogP contribution in [0.2, 0.25) is 0 Å². The van der Waals surface area contributed by atoms with Crippen LogP contribution >= 0.6 is 0 Å². The number of aliphatic hydroxyl groups is 4. The van der Waals surface area contributed by atoms with E-state index < -0.39 is 36.9 Å². The minimum absolute atomic E-state index is 0.352. The van der Waals surface area contributed by atoms with Gasteiger partial charge in [-0.25, -0.2) is 0 Å². The van der Waals surface area contributed by atoms with Gasteiger partial charge in [-0.05, 0) is 77.0 Å². The lowest BCUT2D eigenvalue weighted by Gasteiger charge is -2.27. The average Bonchev–Trinajstić information content (AvgIpc) is 3.16. The second kappa shape index (κ2) is 41.7. The predicted octanol–water partition coefficient (Wildman–Crippen LogP) is 12.1. The normalized spacial score (nSPS) is 14.5. The largest absolute Gasteiger partial charge is 0.394 e. The van der Waals surface area contributed by atoms with E-state index in [9.17, 15) is 25.2 Å². The molecule has 312 valence electrons. The van der Waals surface area contributed by atoms with Crippen molar-refractivity contribution in [3.05, 3.63) is 36.5 Å². The Morgan fingerprint density at radius 3 is 1.21 bits per heavy atom. The zero-order chi connectivity index (χ0) is 38.9. The molecule has 0 fully saturated rings. The Morgan fingerprint density at radius 1 is 0.453 bits per heavy atom. The first kappa shape index (κ1) is 51.5. The third kappa shape index (κ3) is 36.0. The highest BCUT2D eigenvalue weighted by Crippen LogP contribution is 2.15. The molecule has 4 unspecified atom stereocenters. The topological polar surface area (TPSA) is 110 Å². The zero-order valence-electron chi connectivity index (χ0n) is 35.0. The fraction of sp³-hybridized carbons (Fsp3) is 0.851. The van der Waals surface area contributed by atoms with Gasteiger partial charge in [0.25, 0.3) is 0 Å². The van der Waals surface area contributed by atoms with Crippen molar-refractivity contribution in [3.8, 4) is 0 Å². The van der Waals surface area contributed by atoms with Crippen molar-refractivity contribution in [2.75, 3.05) is 6.61 Å². The molecule has 0 aromatic rings. The fourth-order valence-corrected chi connectivity index (χ4v) is 6.89. The van der Waals surface area contributed by atoms with Crippen LogP contribution < -0.4 is 5.32 Å². The molecule has 0 saturated heterocycles. The van der Waals surface area contributed by atoms with E-state index >= 15 is 0 Å². The van der Waals surface area contributed by atoms with Crippen LogP contribution in [0.3, 0.4) is 0 Å². The van der Waals surface area contributed by atoms with Gasteiger partial charge in [0, 0.05) is 0 Å². The van der Waals surface area contributed by atoms with Crippen LogP contribution in [0, 0.1) is 0 Å². The van der Waals surface area contributed by atoms with Gasteiger partial charge in [0.1, 0.15) is 12.2 Å². The maximum atomic E-state index is 12.5. The number of hydrogen-bond acceptors (Lipinski definition) is 5. The summed E-state index contributed by atoms with van der Waals surface area (Å²) in [5.74, 6) is -0.603. The molecule has 0 rings (SSSR count). The Bertz CT molecular complexity index is 843. The molecule has 0 spiro atoms. The highest BCUT2D eigenvalue weighted by molar-refractivity contribution is 5.80. The summed E-state index contributed by atoms with van der Waals surface area (Å²) in [6.45, 7) is 4.02. The number of unbranched alkanes of at least 4 members (excludes halogenated alkanes) is 26. The molecule has 1 amide bonds. The summed E-state index contributed by atoms with van der Waals surface area (Å²) in [7, 11) is 0. The molecular weight excluding hydrogens is 659 g/mol. The molecule has 0 aromatic heterocycles. The van der Waals surface area contributed by atoms with Crippen LogP contribution in [-0.4, -0.2) is 57.3 Å². The number of aliphatic hydroxyl groups excluding tert-OH is 4. The van der Waals surface area contributed by atoms with Gasteiger partial charge in [-0.3, -0.25) is 4.79 Å². The SMILES string of the molecule is CCCCCC/C=C\CCCCCCCCC(O)C(=O)NC(CO)C(O)C(O)CCC/C=C/CC/C=C/CCCCCCCCCCCCCCCC. The van der Waals surface area contributed by atoms with E-state index in [2.05, 4.69) is 55.6 Å². The van der Waals surface area contributed by atoms with Gasteiger partial charge in [0.05, 0.1) is 18.8 Å². The van der Waals surface area contributed by atoms with Crippen molar-refractivity contribution in [1.29, 1.82) is 0 Å². The molecule has 5 N–H and O–H groups in total. The van der Waals surface area contributed by atoms with Gasteiger partial charge < -0.3 is 25.7 Å². The molecule has 6 nitrogen and oxygen atoms in total. The lowest BCUT2D eigenvalue weighted by atomic mass is 10.00. The molecule has 0 bridgehead atoms. The maximum absolute atomic E-state index is 12.5. The highest BCUT2D eigenvalue weighted by Gasteiger charge is 2.28. The first-order valence-corrected chi connectivity index (χ1v) is 22.9. The van der Waals surface area contributed by atoms with E-state index in [1.165, 1.54) is 141 Å². The fourth-order valence-electron chi connectivity index (χ4n) is 6.89. The summed E-state index contributed by atoms with van der Waals surface area (Å²) in [6.07, 6.45) is 49.0. The van der Waals surface area contributed by atoms with Gasteiger partial charge >= 0.3 is 0 Å². The minimum Gasteiger partial charge on any atom is -0.394 e. The summed E-state index contributed by atoms with van der Waals surface area (Å²) in [5, 5.41) is 43.6. The Morgan fingerprint density at radius 2 is 0.792 bits per heavy atom. The summed E-state index contributed by atoms with van der Waals surface area (Å²) < 4.78 is 0. The summed E-state index contributed by atoms with van der Waals surface area (Å²) in [4.78, 5) is 12.5. The Kier molecular flexibility index (Phi) is 40.5. The van der Waals surface area contributed by atoms with E-state index in [4.69, 9.17) is 0 Å². The molecule has 0 aliphatic rings. The van der Waals surface area contributed by atoms with Gasteiger partial charge in [-0.1, -0.05) is 185 Å². The van der Waals surface area contributed by atoms with Gasteiger partial charge in [-0.15, -0.1) is 0 Å². The Labute approximate surface area is 328 Å². The number of carbonyl (C=O) groups is 1. The lowest BCUT2D eigenvalue weighted by Crippen LogP contribution is -2.53. The highest BCUT2D eigenvalue weighted by atomic mass is 16.3. The van der Waals surface area contributed by atoms with Crippen LogP contribution in [0.25, 0.3) is 0 Å². The van der Waals surface area contributed by atoms with E-state index in [0.717, 1.165) is 51.4 Å². The van der Waals surface area contributed by atoms with Crippen molar-refractivity contribution >= 4 is 5.91 Å². The quantitative estimate of drug-likeness (QED) is 0.0316. The number of rotatable bonds is 41. The van der Waals surface area contributed by atoms with E-state index in [-0.39, 0.29) is 0 Å². The van der Waals surface area contributed by atoms with E-state index in [0.29, 0.717) is 19.3 Å². The number of amides is 1. The third-order valence-electron chi connectivity index (χ3n) is 10.6. The van der Waals surface area contributed by atoms with E-state index in [1.807, 2.05) is 0 Å². The van der Waals surface area contributed by atoms with Crippen molar-refractivity contribution < 1.29 is 25.2 Å². The second-order valence-corrected chi connectivity index (χ2v) is 15.7. The molecule has 4 atom stereocenters. The first-order chi connectivity index (χ1) is 26.0. The first-order valence-electron chi connectivity index (χ1n) is 22.9. The Hall–Kier alpha value is -1.47. The van der Waals surface area contributed by atoms with Crippen molar-refractivity contribution in [3.63, 3.8) is 0 Å². The van der Waals surface area contributed by atoms with Crippen LogP contribution in [0.1, 0.15) is 226 Å². The van der Waals surface area contributed by atoms with Crippen LogP contribution in [0.4, 0.5) is 0 Å². The summed E-state index contributed by atoms with van der Waals surface area (Å²) in [5.41, 5.74) is 0. The van der Waals surface area contributed by atoms with Crippen molar-refractivity contribution in [2.24, 2.45) is 0 Å². The molecule has 0 aliphatic carbocycles. The smallest absolute Gasteiger partial charge is 0.249 e. The number of carbonyl (C=O) groups excluding carboxylic acids is 1. The van der Waals surface area contributed by atoms with E-state index in [1.54, 1.807) is 0 Å². The number of nitrogens with one attached hydrogen (secondary N) is 1. The number of allylic oxidation sites excluding steroid dienone is 6. The molecule has 0 aliphatic heterocycles. The molecular formula is C47H89NO5. The monoisotopic (exact) mass is 748 g/mol. The molecule has 53 heavy (non-hydrogen) atoms. The van der Waals surface area contributed by atoms with Gasteiger partial charge in [-0.2, -0.15) is 0 Å². The standard InChI is InChI=1S/C47H89NO5/c1-3-5-7-9-11-13-15-17-19-20-21-22-23-24-25-26-27-29-30-32-34-36-38-40-44(50)46(52)43(42-49)48-47(53)45(51)41-39-37-35-33-31-28-18-16-14-12-10-8-6-4-2/h14,16,26-27,32,34,43-46,49-52H,3-13,15,17-25,28-31,33,35-42H2,1-2H3,(H,48,53)/b16-14-,27-26+,34-32+. The minimum atomic E-state index is -1.29. The zero-order valence-corrected chi connectivity index (χ0v) is 35.0. The van der Waals surface area contributed by atoms with Crippen LogP contribution in [0.5, 0.6) is 0 Å². The van der Waals surface area contributed by atoms with Gasteiger partial charge in [0.2, 0.25) is 5.91 Å². The molecule has 0 heterocycles. The Balaban J connectivity index is 3.78. The second-order valence-electron chi connectivity index (χ2n) is 15.7.